The summed E-state index contributed by atoms with van der Waals surface area (Å²) in [4.78, 5) is 12.8. The minimum absolute atomic E-state index is 0.248. The molecule has 174 valence electrons. The number of hydrogen-bond acceptors (Lipinski definition) is 5. The molecule has 0 atom stereocenters. The predicted molar refractivity (Wildman–Crippen MR) is 143 cm³/mol. The molecule has 0 heterocycles. The number of nitrogens with one attached hydrogen (secondary N) is 1. The quantitative estimate of drug-likeness (QED) is 0.194. The molecule has 1 N–H and O–H groups in total. The van der Waals surface area contributed by atoms with Crippen LogP contribution in [0.2, 0.25) is 0 Å². The molecule has 0 radical (unpaired) electrons. The largest absolute Gasteiger partial charge is 0.496 e. The number of carbonyl (C=O) groups excluding carboxylic acids is 1. The second kappa shape index (κ2) is 11.2. The van der Waals surface area contributed by atoms with Gasteiger partial charge in [-0.15, -0.1) is 0 Å². The molecular formula is C27H19Br2N3O3. The lowest BCUT2D eigenvalue weighted by atomic mass is 10.1. The summed E-state index contributed by atoms with van der Waals surface area (Å²) in [5.41, 5.74) is 5.06. The van der Waals surface area contributed by atoms with Gasteiger partial charge in [0, 0.05) is 5.56 Å². The molecule has 0 aliphatic rings. The first-order valence-electron chi connectivity index (χ1n) is 10.5. The predicted octanol–water partition coefficient (Wildman–Crippen LogP) is 6.59. The highest BCUT2D eigenvalue weighted by Gasteiger charge is 2.14. The van der Waals surface area contributed by atoms with Crippen molar-refractivity contribution >= 4 is 54.8 Å². The highest BCUT2D eigenvalue weighted by Crippen LogP contribution is 2.35. The monoisotopic (exact) mass is 591 g/mol. The normalized spacial score (nSPS) is 10.8. The fourth-order valence-electron chi connectivity index (χ4n) is 3.49. The van der Waals surface area contributed by atoms with Crippen LogP contribution in [0.15, 0.2) is 86.8 Å². The lowest BCUT2D eigenvalue weighted by molar-refractivity contribution is 0.0952. The average Bonchev–Trinajstić information content (AvgIpc) is 2.87. The molecule has 35 heavy (non-hydrogen) atoms. The smallest absolute Gasteiger partial charge is 0.275 e. The number of ether oxygens (including phenoxy) is 2. The summed E-state index contributed by atoms with van der Waals surface area (Å²) >= 11 is 7.04. The number of methoxy groups -OCH3 is 1. The van der Waals surface area contributed by atoms with Crippen LogP contribution in [-0.4, -0.2) is 19.2 Å². The summed E-state index contributed by atoms with van der Waals surface area (Å²) in [6, 6.07) is 24.5. The van der Waals surface area contributed by atoms with Crippen molar-refractivity contribution in [3.8, 4) is 17.6 Å². The molecule has 0 saturated heterocycles. The van der Waals surface area contributed by atoms with Crippen LogP contribution in [0, 0.1) is 11.3 Å². The van der Waals surface area contributed by atoms with Gasteiger partial charge in [0.1, 0.15) is 18.1 Å². The van der Waals surface area contributed by atoms with Crippen LogP contribution in [-0.2, 0) is 6.61 Å². The van der Waals surface area contributed by atoms with E-state index in [0.717, 1.165) is 21.9 Å². The number of hydrazone groups is 1. The Hall–Kier alpha value is -3.67. The van der Waals surface area contributed by atoms with Gasteiger partial charge in [-0.1, -0.05) is 42.5 Å². The number of nitrogens with zero attached hydrogens (tertiary/aromatic N) is 2. The maximum absolute atomic E-state index is 12.8. The molecule has 0 bridgehead atoms. The van der Waals surface area contributed by atoms with E-state index in [9.17, 15) is 10.1 Å². The number of fused-ring (bicyclic) bond motifs is 1. The standard InChI is InChI=1S/C27H19Br2N3O3/c1-34-25-13-19-7-3-2-6-18(19)12-22(25)27(33)32-31-15-17-10-23(28)26(24(29)11-17)35-16-21-9-5-4-8-20(21)14-30/h2-13,15H,16H2,1H3,(H,32,33)/b31-15-. The number of hydrogen-bond donors (Lipinski definition) is 1. The second-order valence-electron chi connectivity index (χ2n) is 7.47. The molecule has 6 nitrogen and oxygen atoms in total. The number of carbonyl (C=O) groups is 1. The zero-order chi connectivity index (χ0) is 24.8. The van der Waals surface area contributed by atoms with Crippen LogP contribution in [0.5, 0.6) is 11.5 Å². The van der Waals surface area contributed by atoms with Crippen molar-refractivity contribution in [1.82, 2.24) is 5.43 Å². The number of amides is 1. The molecule has 0 aromatic heterocycles. The Morgan fingerprint density at radius 1 is 1.03 bits per heavy atom. The van der Waals surface area contributed by atoms with Gasteiger partial charge in [0.25, 0.3) is 5.91 Å². The van der Waals surface area contributed by atoms with E-state index in [2.05, 4.69) is 48.5 Å². The van der Waals surface area contributed by atoms with Gasteiger partial charge in [0.05, 0.1) is 39.5 Å². The van der Waals surface area contributed by atoms with Crippen LogP contribution >= 0.6 is 31.9 Å². The van der Waals surface area contributed by atoms with Crippen molar-refractivity contribution < 1.29 is 14.3 Å². The highest BCUT2D eigenvalue weighted by molar-refractivity contribution is 9.11. The Labute approximate surface area is 219 Å². The summed E-state index contributed by atoms with van der Waals surface area (Å²) in [5.74, 6) is 0.694. The van der Waals surface area contributed by atoms with Gasteiger partial charge in [0.2, 0.25) is 0 Å². The maximum atomic E-state index is 12.8. The third kappa shape index (κ3) is 5.70. The zero-order valence-electron chi connectivity index (χ0n) is 18.6. The Kier molecular flexibility index (Phi) is 7.80. The van der Waals surface area contributed by atoms with Crippen LogP contribution in [0.4, 0.5) is 0 Å². The molecule has 4 aromatic carbocycles. The minimum atomic E-state index is -0.377. The molecular weight excluding hydrogens is 574 g/mol. The van der Waals surface area contributed by atoms with Crippen molar-refractivity contribution in [2.75, 3.05) is 7.11 Å². The molecule has 4 rings (SSSR count). The summed E-state index contributed by atoms with van der Waals surface area (Å²) in [5, 5.41) is 15.3. The van der Waals surface area contributed by atoms with Gasteiger partial charge in [-0.25, -0.2) is 5.43 Å². The van der Waals surface area contributed by atoms with Crippen LogP contribution < -0.4 is 14.9 Å². The third-order valence-electron chi connectivity index (χ3n) is 5.22. The SMILES string of the molecule is COc1cc2ccccc2cc1C(=O)N/N=C\c1cc(Br)c(OCc2ccccc2C#N)c(Br)c1. The number of nitriles is 1. The van der Waals surface area contributed by atoms with Crippen LogP contribution in [0.3, 0.4) is 0 Å². The second-order valence-corrected chi connectivity index (χ2v) is 9.18. The van der Waals surface area contributed by atoms with E-state index >= 15 is 0 Å². The van der Waals surface area contributed by atoms with E-state index in [1.165, 1.54) is 13.3 Å². The van der Waals surface area contributed by atoms with Gasteiger partial charge in [-0.2, -0.15) is 10.4 Å². The molecule has 0 saturated carbocycles. The van der Waals surface area contributed by atoms with E-state index in [0.29, 0.717) is 31.6 Å². The van der Waals surface area contributed by atoms with Crippen molar-refractivity contribution in [2.24, 2.45) is 5.10 Å². The van der Waals surface area contributed by atoms with Crippen LogP contribution in [0.1, 0.15) is 27.0 Å². The van der Waals surface area contributed by atoms with Gasteiger partial charge in [-0.3, -0.25) is 4.79 Å². The summed E-state index contributed by atoms with van der Waals surface area (Å²) in [6.07, 6.45) is 1.54. The zero-order valence-corrected chi connectivity index (χ0v) is 21.8. The summed E-state index contributed by atoms with van der Waals surface area (Å²) < 4.78 is 12.7. The Bertz CT molecular complexity index is 1460. The Balaban J connectivity index is 1.46. The number of benzene rings is 4. The number of halogens is 2. The molecule has 8 heteroatoms. The fourth-order valence-corrected chi connectivity index (χ4v) is 4.94. The maximum Gasteiger partial charge on any atom is 0.275 e. The topological polar surface area (TPSA) is 83.7 Å². The van der Waals surface area contributed by atoms with Crippen molar-refractivity contribution in [3.63, 3.8) is 0 Å². The van der Waals surface area contributed by atoms with E-state index in [-0.39, 0.29) is 12.5 Å². The van der Waals surface area contributed by atoms with Crippen molar-refractivity contribution in [2.45, 2.75) is 6.61 Å². The van der Waals surface area contributed by atoms with E-state index < -0.39 is 0 Å². The third-order valence-corrected chi connectivity index (χ3v) is 6.40. The Morgan fingerprint density at radius 3 is 2.37 bits per heavy atom. The molecule has 0 spiro atoms. The minimum Gasteiger partial charge on any atom is -0.496 e. The number of rotatable bonds is 7. The summed E-state index contributed by atoms with van der Waals surface area (Å²) in [7, 11) is 1.53. The molecule has 0 unspecified atom stereocenters. The molecule has 0 aliphatic carbocycles. The first-order valence-corrected chi connectivity index (χ1v) is 12.1. The van der Waals surface area contributed by atoms with Gasteiger partial charge in [0.15, 0.2) is 0 Å². The van der Waals surface area contributed by atoms with Crippen molar-refractivity contribution in [3.05, 3.63) is 104 Å². The fraction of sp³-hybridized carbons (Fsp3) is 0.0741. The molecule has 1 amide bonds. The average molecular weight is 593 g/mol. The molecule has 4 aromatic rings. The highest BCUT2D eigenvalue weighted by atomic mass is 79.9. The lowest BCUT2D eigenvalue weighted by Gasteiger charge is -2.12. The van der Waals surface area contributed by atoms with E-state index in [1.54, 1.807) is 12.1 Å². The molecule has 0 fully saturated rings. The first kappa shape index (κ1) is 24.5. The first-order chi connectivity index (χ1) is 17.0. The van der Waals surface area contributed by atoms with Gasteiger partial charge >= 0.3 is 0 Å². The van der Waals surface area contributed by atoms with Gasteiger partial charge in [-0.05, 0) is 78.5 Å². The van der Waals surface area contributed by atoms with E-state index in [1.807, 2.05) is 60.7 Å². The van der Waals surface area contributed by atoms with Crippen molar-refractivity contribution in [1.29, 1.82) is 5.26 Å². The Morgan fingerprint density at radius 2 is 1.69 bits per heavy atom. The van der Waals surface area contributed by atoms with Gasteiger partial charge < -0.3 is 9.47 Å². The van der Waals surface area contributed by atoms with Crippen LogP contribution in [0.25, 0.3) is 10.8 Å². The molecule has 0 aliphatic heterocycles. The van der Waals surface area contributed by atoms with E-state index in [4.69, 9.17) is 9.47 Å². The lowest BCUT2D eigenvalue weighted by Crippen LogP contribution is -2.18. The summed E-state index contributed by atoms with van der Waals surface area (Å²) in [6.45, 7) is 0.248.